The first kappa shape index (κ1) is 13.3. The number of benzene rings is 1. The van der Waals surface area contributed by atoms with E-state index >= 15 is 0 Å². The predicted octanol–water partition coefficient (Wildman–Crippen LogP) is 3.75. The molecule has 0 amide bonds. The summed E-state index contributed by atoms with van der Waals surface area (Å²) in [5.74, 6) is 0. The molecule has 1 atom stereocenters. The van der Waals surface area contributed by atoms with E-state index in [2.05, 4.69) is 61.3 Å². The molecule has 1 aliphatic heterocycles. The molecule has 2 nitrogen and oxygen atoms in total. The third-order valence-electron chi connectivity index (χ3n) is 4.20. The summed E-state index contributed by atoms with van der Waals surface area (Å²) >= 11 is 0. The molecule has 0 bridgehead atoms. The Morgan fingerprint density at radius 3 is 2.65 bits per heavy atom. The van der Waals surface area contributed by atoms with Crippen LogP contribution in [0.2, 0.25) is 0 Å². The van der Waals surface area contributed by atoms with Crippen molar-refractivity contribution in [1.82, 2.24) is 9.88 Å². The van der Waals surface area contributed by atoms with Crippen LogP contribution in [0, 0.1) is 6.92 Å². The maximum atomic E-state index is 4.88. The molecule has 1 aliphatic rings. The molecule has 20 heavy (non-hydrogen) atoms. The normalized spacial score (nSPS) is 19.4. The quantitative estimate of drug-likeness (QED) is 0.841. The molecule has 1 saturated heterocycles. The van der Waals surface area contributed by atoms with Gasteiger partial charge in [0, 0.05) is 12.1 Å². The van der Waals surface area contributed by atoms with E-state index in [-0.39, 0.29) is 0 Å². The van der Waals surface area contributed by atoms with Crippen molar-refractivity contribution in [2.75, 3.05) is 13.6 Å². The van der Waals surface area contributed by atoms with Crippen molar-refractivity contribution in [2.45, 2.75) is 32.2 Å². The van der Waals surface area contributed by atoms with E-state index in [1.807, 2.05) is 0 Å². The molecule has 0 unspecified atom stereocenters. The topological polar surface area (TPSA) is 16.1 Å². The van der Waals surface area contributed by atoms with Crippen LogP contribution in [-0.4, -0.2) is 23.5 Å². The summed E-state index contributed by atoms with van der Waals surface area (Å²) in [5, 5.41) is 0. The fraction of sp³-hybridized carbons (Fsp3) is 0.389. The van der Waals surface area contributed by atoms with Crippen LogP contribution in [0.4, 0.5) is 0 Å². The SMILES string of the molecule is Cc1ccc(Cc2cccc([C@H]3CCCN3C)n2)cc1. The van der Waals surface area contributed by atoms with E-state index in [0.29, 0.717) is 6.04 Å². The maximum absolute atomic E-state index is 4.88. The number of pyridine rings is 1. The van der Waals surface area contributed by atoms with Crippen LogP contribution < -0.4 is 0 Å². The first-order valence-corrected chi connectivity index (χ1v) is 7.44. The van der Waals surface area contributed by atoms with Gasteiger partial charge in [-0.1, -0.05) is 35.9 Å². The van der Waals surface area contributed by atoms with Crippen LogP contribution in [0.5, 0.6) is 0 Å². The fourth-order valence-corrected chi connectivity index (χ4v) is 2.98. The third-order valence-corrected chi connectivity index (χ3v) is 4.20. The van der Waals surface area contributed by atoms with Gasteiger partial charge in [0.1, 0.15) is 0 Å². The minimum absolute atomic E-state index is 0.507. The van der Waals surface area contributed by atoms with Crippen molar-refractivity contribution in [1.29, 1.82) is 0 Å². The smallest absolute Gasteiger partial charge is 0.0578 e. The number of aryl methyl sites for hydroxylation is 1. The van der Waals surface area contributed by atoms with E-state index in [1.165, 1.54) is 41.9 Å². The standard InChI is InChI=1S/C18H22N2/c1-14-8-10-15(11-9-14)13-16-5-3-6-17(19-16)18-7-4-12-20(18)2/h3,5-6,8-11,18H,4,7,12-13H2,1-2H3/t18-/m1/s1. The molecule has 0 N–H and O–H groups in total. The van der Waals surface area contributed by atoms with Gasteiger partial charge in [0.15, 0.2) is 0 Å². The van der Waals surface area contributed by atoms with Gasteiger partial charge in [-0.3, -0.25) is 9.88 Å². The summed E-state index contributed by atoms with van der Waals surface area (Å²) < 4.78 is 0. The summed E-state index contributed by atoms with van der Waals surface area (Å²) in [6.45, 7) is 3.31. The number of nitrogens with zero attached hydrogens (tertiary/aromatic N) is 2. The van der Waals surface area contributed by atoms with Crippen molar-refractivity contribution in [3.05, 3.63) is 65.0 Å². The van der Waals surface area contributed by atoms with Gasteiger partial charge >= 0.3 is 0 Å². The molecule has 1 aromatic carbocycles. The Balaban J connectivity index is 1.79. The highest BCUT2D eigenvalue weighted by Crippen LogP contribution is 2.29. The molecular formula is C18H22N2. The number of hydrogen-bond donors (Lipinski definition) is 0. The maximum Gasteiger partial charge on any atom is 0.0578 e. The summed E-state index contributed by atoms with van der Waals surface area (Å²) in [6.07, 6.45) is 3.44. The summed E-state index contributed by atoms with van der Waals surface area (Å²) in [6, 6.07) is 15.7. The van der Waals surface area contributed by atoms with Gasteiger partial charge < -0.3 is 0 Å². The Hall–Kier alpha value is -1.67. The lowest BCUT2D eigenvalue weighted by atomic mass is 10.1. The second-order valence-electron chi connectivity index (χ2n) is 5.85. The fourth-order valence-electron chi connectivity index (χ4n) is 2.98. The Labute approximate surface area is 121 Å². The lowest BCUT2D eigenvalue weighted by molar-refractivity contribution is 0.311. The van der Waals surface area contributed by atoms with E-state index < -0.39 is 0 Å². The van der Waals surface area contributed by atoms with Crippen LogP contribution in [0.3, 0.4) is 0 Å². The van der Waals surface area contributed by atoms with Crippen LogP contribution in [0.15, 0.2) is 42.5 Å². The highest BCUT2D eigenvalue weighted by Gasteiger charge is 2.23. The van der Waals surface area contributed by atoms with Gasteiger partial charge in [-0.15, -0.1) is 0 Å². The van der Waals surface area contributed by atoms with Crippen LogP contribution in [0.1, 0.15) is 41.4 Å². The lowest BCUT2D eigenvalue weighted by Crippen LogP contribution is -2.18. The largest absolute Gasteiger partial charge is 0.298 e. The number of likely N-dealkylation sites (tertiary alicyclic amines) is 1. The van der Waals surface area contributed by atoms with Crippen molar-refractivity contribution in [3.63, 3.8) is 0 Å². The molecule has 2 heterocycles. The van der Waals surface area contributed by atoms with Crippen molar-refractivity contribution >= 4 is 0 Å². The van der Waals surface area contributed by atoms with E-state index in [4.69, 9.17) is 4.98 Å². The molecule has 104 valence electrons. The third kappa shape index (κ3) is 2.91. The highest BCUT2D eigenvalue weighted by atomic mass is 15.2. The Bertz CT molecular complexity index is 574. The van der Waals surface area contributed by atoms with Crippen LogP contribution in [0.25, 0.3) is 0 Å². The van der Waals surface area contributed by atoms with Gasteiger partial charge in [0.05, 0.1) is 11.7 Å². The van der Waals surface area contributed by atoms with E-state index in [0.717, 1.165) is 6.42 Å². The van der Waals surface area contributed by atoms with Crippen molar-refractivity contribution in [3.8, 4) is 0 Å². The van der Waals surface area contributed by atoms with Gasteiger partial charge in [0.25, 0.3) is 0 Å². The second-order valence-corrected chi connectivity index (χ2v) is 5.85. The second kappa shape index (κ2) is 5.76. The number of hydrogen-bond acceptors (Lipinski definition) is 2. The van der Waals surface area contributed by atoms with Gasteiger partial charge in [-0.2, -0.15) is 0 Å². The zero-order valence-corrected chi connectivity index (χ0v) is 12.3. The first-order chi connectivity index (χ1) is 9.72. The van der Waals surface area contributed by atoms with Crippen molar-refractivity contribution in [2.24, 2.45) is 0 Å². The minimum atomic E-state index is 0.507. The van der Waals surface area contributed by atoms with Gasteiger partial charge in [-0.05, 0) is 51.1 Å². The van der Waals surface area contributed by atoms with E-state index in [9.17, 15) is 0 Å². The zero-order chi connectivity index (χ0) is 13.9. The molecule has 3 rings (SSSR count). The predicted molar refractivity (Wildman–Crippen MR) is 82.8 cm³/mol. The molecule has 2 aromatic rings. The molecule has 0 spiro atoms. The zero-order valence-electron chi connectivity index (χ0n) is 12.3. The molecule has 0 saturated carbocycles. The lowest BCUT2D eigenvalue weighted by Gasteiger charge is -2.19. The average Bonchev–Trinajstić information content (AvgIpc) is 2.88. The summed E-state index contributed by atoms with van der Waals surface area (Å²) in [5.41, 5.74) is 5.05. The van der Waals surface area contributed by atoms with Gasteiger partial charge in [0.2, 0.25) is 0 Å². The molecule has 1 fully saturated rings. The minimum Gasteiger partial charge on any atom is -0.298 e. The Morgan fingerprint density at radius 2 is 1.95 bits per heavy atom. The number of aromatic nitrogens is 1. The van der Waals surface area contributed by atoms with Crippen molar-refractivity contribution < 1.29 is 0 Å². The first-order valence-electron chi connectivity index (χ1n) is 7.44. The molecule has 0 radical (unpaired) electrons. The average molecular weight is 266 g/mol. The molecule has 1 aromatic heterocycles. The van der Waals surface area contributed by atoms with Crippen LogP contribution >= 0.6 is 0 Å². The monoisotopic (exact) mass is 266 g/mol. The molecular weight excluding hydrogens is 244 g/mol. The molecule has 0 aliphatic carbocycles. The summed E-state index contributed by atoms with van der Waals surface area (Å²) in [4.78, 5) is 7.30. The Kier molecular flexibility index (Phi) is 3.83. The summed E-state index contributed by atoms with van der Waals surface area (Å²) in [7, 11) is 2.20. The Morgan fingerprint density at radius 1 is 1.15 bits per heavy atom. The number of rotatable bonds is 3. The highest BCUT2D eigenvalue weighted by molar-refractivity contribution is 5.26. The van der Waals surface area contributed by atoms with Gasteiger partial charge in [-0.25, -0.2) is 0 Å². The molecule has 2 heteroatoms. The van der Waals surface area contributed by atoms with Crippen LogP contribution in [-0.2, 0) is 6.42 Å². The van der Waals surface area contributed by atoms with E-state index in [1.54, 1.807) is 0 Å².